The lowest BCUT2D eigenvalue weighted by molar-refractivity contribution is 0.776. The molecular formula is C16H28S. The third-order valence-electron chi connectivity index (χ3n) is 3.27. The van der Waals surface area contributed by atoms with Crippen molar-refractivity contribution >= 4 is 10.0 Å². The van der Waals surface area contributed by atoms with Gasteiger partial charge in [-0.05, 0) is 48.7 Å². The zero-order valence-corrected chi connectivity index (χ0v) is 12.6. The Labute approximate surface area is 109 Å². The van der Waals surface area contributed by atoms with E-state index >= 15 is 0 Å². The standard InChI is InChI=1S/C16H28S/c1-5-6-10-13-17(3,4)14-15(2)16-11-8-7-9-12-16/h8,11-12H,2,5-7,9-10,13-14H2,1,3-4H3. The molecule has 0 aromatic rings. The summed E-state index contributed by atoms with van der Waals surface area (Å²) in [7, 11) is -0.477. The molecule has 1 aliphatic rings. The molecule has 0 saturated carbocycles. The summed E-state index contributed by atoms with van der Waals surface area (Å²) < 4.78 is 0. The number of allylic oxidation sites excluding steroid dienone is 4. The minimum atomic E-state index is -0.477. The van der Waals surface area contributed by atoms with Crippen molar-refractivity contribution in [3.05, 3.63) is 36.0 Å². The van der Waals surface area contributed by atoms with Crippen molar-refractivity contribution in [3.63, 3.8) is 0 Å². The van der Waals surface area contributed by atoms with Gasteiger partial charge in [0.05, 0.1) is 0 Å². The molecule has 1 aliphatic carbocycles. The van der Waals surface area contributed by atoms with Gasteiger partial charge in [0.2, 0.25) is 0 Å². The van der Waals surface area contributed by atoms with Crippen molar-refractivity contribution in [2.24, 2.45) is 0 Å². The second kappa shape index (κ2) is 7.10. The summed E-state index contributed by atoms with van der Waals surface area (Å²) in [5.41, 5.74) is 2.75. The van der Waals surface area contributed by atoms with Crippen molar-refractivity contribution in [1.29, 1.82) is 0 Å². The molecule has 0 saturated heterocycles. The van der Waals surface area contributed by atoms with Gasteiger partial charge in [0.1, 0.15) is 0 Å². The smallest absolute Gasteiger partial charge is 0.00201 e. The topological polar surface area (TPSA) is 0 Å². The van der Waals surface area contributed by atoms with Gasteiger partial charge in [-0.25, -0.2) is 10.0 Å². The van der Waals surface area contributed by atoms with Crippen molar-refractivity contribution in [3.8, 4) is 0 Å². The number of hydrogen-bond acceptors (Lipinski definition) is 0. The van der Waals surface area contributed by atoms with E-state index in [1.54, 1.807) is 0 Å². The van der Waals surface area contributed by atoms with Gasteiger partial charge in [0.25, 0.3) is 0 Å². The summed E-state index contributed by atoms with van der Waals surface area (Å²) in [5, 5.41) is 0. The summed E-state index contributed by atoms with van der Waals surface area (Å²) in [6, 6.07) is 0. The maximum Gasteiger partial charge on any atom is 0.00201 e. The average Bonchev–Trinajstić information content (AvgIpc) is 2.30. The fourth-order valence-electron chi connectivity index (χ4n) is 2.25. The molecular weight excluding hydrogens is 224 g/mol. The summed E-state index contributed by atoms with van der Waals surface area (Å²) in [4.78, 5) is 0. The van der Waals surface area contributed by atoms with Crippen LogP contribution in [0.15, 0.2) is 36.0 Å². The zero-order valence-electron chi connectivity index (χ0n) is 11.8. The molecule has 1 heteroatoms. The van der Waals surface area contributed by atoms with Crippen LogP contribution in [0.1, 0.15) is 39.0 Å². The van der Waals surface area contributed by atoms with Crippen LogP contribution in [0, 0.1) is 0 Å². The second-order valence-corrected chi connectivity index (χ2v) is 9.80. The Morgan fingerprint density at radius 2 is 2.06 bits per heavy atom. The second-order valence-electron chi connectivity index (χ2n) is 5.57. The minimum absolute atomic E-state index is 0.477. The number of hydrogen-bond donors (Lipinski definition) is 0. The lowest BCUT2D eigenvalue weighted by Gasteiger charge is -2.32. The Kier molecular flexibility index (Phi) is 6.11. The van der Waals surface area contributed by atoms with Crippen molar-refractivity contribution < 1.29 is 0 Å². The first-order valence-electron chi connectivity index (χ1n) is 6.79. The van der Waals surface area contributed by atoms with E-state index in [1.807, 2.05) is 0 Å². The first-order chi connectivity index (χ1) is 8.05. The lowest BCUT2D eigenvalue weighted by atomic mass is 10.0. The van der Waals surface area contributed by atoms with Gasteiger partial charge in [-0.1, -0.05) is 44.6 Å². The van der Waals surface area contributed by atoms with Gasteiger partial charge < -0.3 is 0 Å². The third-order valence-corrected chi connectivity index (χ3v) is 5.79. The molecule has 0 unspecified atom stereocenters. The quantitative estimate of drug-likeness (QED) is 0.555. The molecule has 0 heterocycles. The van der Waals surface area contributed by atoms with E-state index in [4.69, 9.17) is 0 Å². The van der Waals surface area contributed by atoms with Crippen molar-refractivity contribution in [2.75, 3.05) is 24.0 Å². The monoisotopic (exact) mass is 252 g/mol. The highest BCUT2D eigenvalue weighted by atomic mass is 32.3. The summed E-state index contributed by atoms with van der Waals surface area (Å²) >= 11 is 0. The third kappa shape index (κ3) is 5.63. The van der Waals surface area contributed by atoms with Gasteiger partial charge in [-0.15, -0.1) is 0 Å². The predicted octanol–water partition coefficient (Wildman–Crippen LogP) is 5.07. The molecule has 1 rings (SSSR count). The highest BCUT2D eigenvalue weighted by Gasteiger charge is 2.14. The van der Waals surface area contributed by atoms with E-state index in [-0.39, 0.29) is 0 Å². The average molecular weight is 252 g/mol. The van der Waals surface area contributed by atoms with E-state index in [9.17, 15) is 0 Å². The normalized spacial score (nSPS) is 16.8. The molecule has 0 fully saturated rings. The molecule has 17 heavy (non-hydrogen) atoms. The maximum absolute atomic E-state index is 4.29. The highest BCUT2D eigenvalue weighted by Crippen LogP contribution is 2.43. The molecule has 98 valence electrons. The summed E-state index contributed by atoms with van der Waals surface area (Å²) in [5.74, 6) is 2.61. The Morgan fingerprint density at radius 1 is 1.29 bits per heavy atom. The van der Waals surface area contributed by atoms with Crippen LogP contribution in [0.25, 0.3) is 0 Å². The summed E-state index contributed by atoms with van der Waals surface area (Å²) in [6.45, 7) is 6.57. The van der Waals surface area contributed by atoms with E-state index in [0.29, 0.717) is 0 Å². The van der Waals surface area contributed by atoms with Gasteiger partial charge in [-0.3, -0.25) is 0 Å². The van der Waals surface area contributed by atoms with E-state index in [0.717, 1.165) is 0 Å². The molecule has 0 amide bonds. The fourth-order valence-corrected chi connectivity index (χ4v) is 4.49. The van der Waals surface area contributed by atoms with E-state index in [2.05, 4.69) is 44.2 Å². The Morgan fingerprint density at radius 3 is 2.65 bits per heavy atom. The van der Waals surface area contributed by atoms with Gasteiger partial charge in [0, 0.05) is 5.75 Å². The van der Waals surface area contributed by atoms with E-state index < -0.39 is 10.0 Å². The van der Waals surface area contributed by atoms with Crippen LogP contribution in [0.5, 0.6) is 0 Å². The van der Waals surface area contributed by atoms with Crippen LogP contribution < -0.4 is 0 Å². The molecule has 0 aromatic heterocycles. The predicted molar refractivity (Wildman–Crippen MR) is 84.3 cm³/mol. The molecule has 0 N–H and O–H groups in total. The summed E-state index contributed by atoms with van der Waals surface area (Å²) in [6.07, 6.45) is 18.3. The Balaban J connectivity index is 2.43. The van der Waals surface area contributed by atoms with Crippen LogP contribution >= 0.6 is 10.0 Å². The zero-order chi connectivity index (χ0) is 12.7. The lowest BCUT2D eigenvalue weighted by Crippen LogP contribution is -2.09. The molecule has 0 nitrogen and oxygen atoms in total. The molecule has 0 atom stereocenters. The van der Waals surface area contributed by atoms with Crippen molar-refractivity contribution in [2.45, 2.75) is 39.0 Å². The van der Waals surface area contributed by atoms with E-state index in [1.165, 1.54) is 54.8 Å². The number of rotatable bonds is 7. The maximum atomic E-state index is 4.29. The largest absolute Gasteiger partial charge is 0.243 e. The van der Waals surface area contributed by atoms with Crippen LogP contribution in [0.3, 0.4) is 0 Å². The SMILES string of the molecule is C=C(CS(C)(C)CCCCC)C1=CCCC=C1. The molecule has 0 spiro atoms. The van der Waals surface area contributed by atoms with Crippen LogP contribution in [-0.4, -0.2) is 24.0 Å². The van der Waals surface area contributed by atoms with Gasteiger partial charge >= 0.3 is 0 Å². The first-order valence-corrected chi connectivity index (χ1v) is 9.57. The molecule has 0 radical (unpaired) electrons. The Bertz CT molecular complexity index is 307. The fraction of sp³-hybridized carbons (Fsp3) is 0.625. The Hall–Kier alpha value is -0.430. The minimum Gasteiger partial charge on any atom is -0.243 e. The van der Waals surface area contributed by atoms with Crippen molar-refractivity contribution in [1.82, 2.24) is 0 Å². The van der Waals surface area contributed by atoms with Gasteiger partial charge in [-0.2, -0.15) is 0 Å². The van der Waals surface area contributed by atoms with Gasteiger partial charge in [0.15, 0.2) is 0 Å². The van der Waals surface area contributed by atoms with Crippen LogP contribution in [-0.2, 0) is 0 Å². The number of unbranched alkanes of at least 4 members (excludes halogenated alkanes) is 2. The first kappa shape index (κ1) is 14.6. The molecule has 0 aliphatic heterocycles. The molecule has 0 aromatic carbocycles. The van der Waals surface area contributed by atoms with Crippen LogP contribution in [0.2, 0.25) is 0 Å². The highest BCUT2D eigenvalue weighted by molar-refractivity contribution is 8.32. The van der Waals surface area contributed by atoms with Crippen LogP contribution in [0.4, 0.5) is 0 Å². The molecule has 0 bridgehead atoms.